The third-order valence-corrected chi connectivity index (χ3v) is 12.8. The van der Waals surface area contributed by atoms with Crippen LogP contribution in [-0.4, -0.2) is 0 Å². The summed E-state index contributed by atoms with van der Waals surface area (Å²) in [5.41, 5.74) is 6.98. The zero-order valence-electron chi connectivity index (χ0n) is 17.8. The highest BCUT2D eigenvalue weighted by molar-refractivity contribution is 9.44. The van der Waals surface area contributed by atoms with E-state index in [0.29, 0.717) is 0 Å². The molecule has 4 rings (SSSR count). The van der Waals surface area contributed by atoms with E-state index in [1.54, 1.807) is 0 Å². The molecule has 4 aromatic carbocycles. The predicted molar refractivity (Wildman–Crippen MR) is 138 cm³/mol. The molecule has 0 fully saturated rings. The highest BCUT2D eigenvalue weighted by atomic mass is 79.9. The van der Waals surface area contributed by atoms with Crippen molar-refractivity contribution in [3.8, 4) is 0 Å². The van der Waals surface area contributed by atoms with Gasteiger partial charge in [-0.1, -0.05) is 66.7 Å². The van der Waals surface area contributed by atoms with Gasteiger partial charge in [0.2, 0.25) is 0 Å². The van der Waals surface area contributed by atoms with Gasteiger partial charge < -0.3 is 0 Å². The van der Waals surface area contributed by atoms with Crippen LogP contribution < -0.4 is 15.9 Å². The first-order valence-electron chi connectivity index (χ1n) is 10.4. The lowest BCUT2D eigenvalue weighted by Gasteiger charge is -2.24. The first kappa shape index (κ1) is 21.0. The molecular weight excluding hydrogens is 447 g/mol. The topological polar surface area (TPSA) is 0 Å². The molecule has 4 aromatic rings. The Kier molecular flexibility index (Phi) is 6.23. The fraction of sp³-hybridized carbons (Fsp3) is 0.143. The van der Waals surface area contributed by atoms with Crippen LogP contribution in [0.2, 0.25) is 0 Å². The largest absolute Gasteiger partial charge is 0.181 e. The van der Waals surface area contributed by atoms with E-state index in [4.69, 9.17) is 0 Å². The van der Waals surface area contributed by atoms with Crippen LogP contribution in [0.5, 0.6) is 0 Å². The number of rotatable bonds is 5. The molecule has 0 unspecified atom stereocenters. The second-order valence-electron chi connectivity index (χ2n) is 7.86. The Balaban J connectivity index is 1.91. The van der Waals surface area contributed by atoms with Crippen LogP contribution in [-0.2, 0) is 6.42 Å². The van der Waals surface area contributed by atoms with Gasteiger partial charge in [0.05, 0.1) is 0 Å². The molecule has 0 aliphatic carbocycles. The number of benzene rings is 4. The number of aryl methyl sites for hydroxylation is 1. The quantitative estimate of drug-likeness (QED) is 0.279. The first-order valence-corrected chi connectivity index (χ1v) is 14.2. The molecule has 0 bridgehead atoms. The van der Waals surface area contributed by atoms with Crippen LogP contribution in [0.4, 0.5) is 0 Å². The van der Waals surface area contributed by atoms with Gasteiger partial charge in [-0.15, -0.1) is 0 Å². The number of hydrogen-bond donors (Lipinski definition) is 0. The molecule has 0 spiro atoms. The van der Waals surface area contributed by atoms with Crippen molar-refractivity contribution in [1.82, 2.24) is 0 Å². The molecule has 0 amide bonds. The minimum absolute atomic E-state index is 0.976. The Bertz CT molecular complexity index is 1100. The number of halogens is 1. The lowest BCUT2D eigenvalue weighted by Crippen LogP contribution is -2.29. The minimum atomic E-state index is -1.91. The van der Waals surface area contributed by atoms with Crippen molar-refractivity contribution in [3.63, 3.8) is 0 Å². The van der Waals surface area contributed by atoms with Crippen LogP contribution in [0.3, 0.4) is 0 Å². The summed E-state index contributed by atoms with van der Waals surface area (Å²) < 4.78 is 0. The van der Waals surface area contributed by atoms with Gasteiger partial charge >= 0.3 is 0 Å². The minimum Gasteiger partial charge on any atom is -0.0622 e. The van der Waals surface area contributed by atoms with Crippen LogP contribution in [0.1, 0.15) is 27.8 Å². The van der Waals surface area contributed by atoms with Gasteiger partial charge in [-0.2, -0.15) is 0 Å². The number of hydrogen-bond acceptors (Lipinski definition) is 0. The van der Waals surface area contributed by atoms with E-state index >= 15 is 0 Å². The Labute approximate surface area is 189 Å². The second-order valence-corrected chi connectivity index (χ2v) is 13.7. The van der Waals surface area contributed by atoms with E-state index in [1.165, 1.54) is 43.7 Å². The van der Waals surface area contributed by atoms with Gasteiger partial charge in [0.1, 0.15) is 15.9 Å². The Hall–Kier alpha value is -2.21. The fourth-order valence-electron chi connectivity index (χ4n) is 4.20. The summed E-state index contributed by atoms with van der Waals surface area (Å²) in [6.07, 6.45) is 0.976. The maximum absolute atomic E-state index is 4.33. The predicted octanol–water partition coefficient (Wildman–Crippen LogP) is 6.81. The van der Waals surface area contributed by atoms with Crippen molar-refractivity contribution in [2.24, 2.45) is 0 Å². The lowest BCUT2D eigenvalue weighted by molar-refractivity contribution is 1.11. The smallest absolute Gasteiger partial charge is 0.0622 e. The van der Waals surface area contributed by atoms with E-state index in [9.17, 15) is 0 Å². The van der Waals surface area contributed by atoms with Crippen molar-refractivity contribution >= 4 is 37.4 Å². The van der Waals surface area contributed by atoms with E-state index in [1.807, 2.05) is 0 Å². The molecule has 0 saturated heterocycles. The molecule has 0 aromatic heterocycles. The zero-order valence-corrected chi connectivity index (χ0v) is 20.3. The lowest BCUT2D eigenvalue weighted by atomic mass is 9.93. The molecule has 0 nitrogen and oxygen atoms in total. The van der Waals surface area contributed by atoms with Gasteiger partial charge in [0.25, 0.3) is 0 Å². The zero-order chi connectivity index (χ0) is 21.1. The fourth-order valence-corrected chi connectivity index (χ4v) is 9.75. The molecule has 2 heteroatoms. The molecule has 0 aliphatic rings. The van der Waals surface area contributed by atoms with Gasteiger partial charge in [-0.3, -0.25) is 0 Å². The van der Waals surface area contributed by atoms with Crippen molar-refractivity contribution in [2.45, 2.75) is 27.2 Å². The van der Waals surface area contributed by atoms with Crippen molar-refractivity contribution in [1.29, 1.82) is 0 Å². The molecule has 0 atom stereocenters. The van der Waals surface area contributed by atoms with Crippen molar-refractivity contribution in [3.05, 3.63) is 125 Å². The molecular formula is C28H27BrP+. The van der Waals surface area contributed by atoms with E-state index in [2.05, 4.69) is 133 Å². The van der Waals surface area contributed by atoms with Crippen LogP contribution >= 0.6 is 21.5 Å². The van der Waals surface area contributed by atoms with Crippen LogP contribution in [0, 0.1) is 20.8 Å². The van der Waals surface area contributed by atoms with E-state index < -0.39 is 5.96 Å². The average Bonchev–Trinajstić information content (AvgIpc) is 2.80. The highest BCUT2D eigenvalue weighted by Crippen LogP contribution is 2.63. The molecule has 0 heterocycles. The SMILES string of the molecule is Cc1cc([P+](Br)(c2ccccc2)c2ccccc2)c(C)c(C)c1Cc1ccccc1. The summed E-state index contributed by atoms with van der Waals surface area (Å²) in [5, 5.41) is 4.13. The third-order valence-electron chi connectivity index (χ3n) is 6.01. The average molecular weight is 474 g/mol. The summed E-state index contributed by atoms with van der Waals surface area (Å²) >= 11 is 4.33. The Morgan fingerprint density at radius 3 is 1.60 bits per heavy atom. The van der Waals surface area contributed by atoms with Gasteiger partial charge in [0, 0.05) is 0 Å². The van der Waals surface area contributed by atoms with Gasteiger partial charge in [-0.25, -0.2) is 0 Å². The van der Waals surface area contributed by atoms with Crippen molar-refractivity contribution < 1.29 is 0 Å². The summed E-state index contributed by atoms with van der Waals surface area (Å²) in [6, 6.07) is 35.0. The first-order chi connectivity index (χ1) is 14.5. The molecule has 30 heavy (non-hydrogen) atoms. The molecule has 0 radical (unpaired) electrons. The summed E-state index contributed by atoms with van der Waals surface area (Å²) in [5.74, 6) is -1.91. The van der Waals surface area contributed by atoms with E-state index in [0.717, 1.165) is 6.42 Å². The van der Waals surface area contributed by atoms with Gasteiger partial charge in [-0.05, 0) is 85.3 Å². The standard InChI is InChI=1S/C28H27BrP/c1-21-19-28(23(3)22(2)27(21)20-24-13-7-4-8-14-24)30(29,25-15-9-5-10-16-25)26-17-11-6-12-18-26/h4-19H,20H2,1-3H3/q+1. The van der Waals surface area contributed by atoms with E-state index in [-0.39, 0.29) is 0 Å². The van der Waals surface area contributed by atoms with Crippen molar-refractivity contribution in [2.75, 3.05) is 0 Å². The Morgan fingerprint density at radius 1 is 0.633 bits per heavy atom. The summed E-state index contributed by atoms with van der Waals surface area (Å²) in [4.78, 5) is 0. The summed E-state index contributed by atoms with van der Waals surface area (Å²) in [7, 11) is 0. The highest BCUT2D eigenvalue weighted by Gasteiger charge is 2.45. The maximum atomic E-state index is 4.33. The third kappa shape index (κ3) is 3.89. The van der Waals surface area contributed by atoms with Crippen LogP contribution in [0.25, 0.3) is 0 Å². The molecule has 0 N–H and O–H groups in total. The van der Waals surface area contributed by atoms with Crippen LogP contribution in [0.15, 0.2) is 97.1 Å². The molecule has 0 aliphatic heterocycles. The van der Waals surface area contributed by atoms with Gasteiger partial charge in [0.15, 0.2) is 21.5 Å². The molecule has 150 valence electrons. The maximum Gasteiger partial charge on any atom is 0.181 e. The summed E-state index contributed by atoms with van der Waals surface area (Å²) in [6.45, 7) is 6.85. The molecule has 0 saturated carbocycles. The monoisotopic (exact) mass is 473 g/mol. The second kappa shape index (κ2) is 8.88. The Morgan fingerprint density at radius 2 is 1.10 bits per heavy atom. The normalized spacial score (nSPS) is 11.5.